The van der Waals surface area contributed by atoms with Gasteiger partial charge in [0, 0.05) is 18.7 Å². The third-order valence-corrected chi connectivity index (χ3v) is 6.35. The first-order valence-electron chi connectivity index (χ1n) is 8.61. The van der Waals surface area contributed by atoms with Crippen LogP contribution in [-0.2, 0) is 4.74 Å². The van der Waals surface area contributed by atoms with E-state index in [0.717, 1.165) is 12.3 Å². The van der Waals surface area contributed by atoms with Crippen LogP contribution in [0.25, 0.3) is 0 Å². The van der Waals surface area contributed by atoms with Crippen molar-refractivity contribution >= 4 is 0 Å². The summed E-state index contributed by atoms with van der Waals surface area (Å²) >= 11 is 0. The summed E-state index contributed by atoms with van der Waals surface area (Å²) in [5, 5.41) is 13.4. The Labute approximate surface area is 130 Å². The minimum Gasteiger partial charge on any atom is -0.392 e. The average molecular weight is 297 g/mol. The summed E-state index contributed by atoms with van der Waals surface area (Å²) in [6, 6.07) is 0. The fourth-order valence-corrected chi connectivity index (χ4v) is 4.25. The summed E-state index contributed by atoms with van der Waals surface area (Å²) < 4.78 is 6.19. The van der Waals surface area contributed by atoms with Gasteiger partial charge in [-0.3, -0.25) is 0 Å². The minimum absolute atomic E-state index is 0.0595. The zero-order chi connectivity index (χ0) is 15.9. The first-order chi connectivity index (χ1) is 9.56. The quantitative estimate of drug-likeness (QED) is 0.790. The molecule has 2 aliphatic rings. The van der Waals surface area contributed by atoms with Crippen LogP contribution in [0.5, 0.6) is 0 Å². The molecule has 2 N–H and O–H groups in total. The molecule has 2 rings (SSSR count). The number of fused-ring (bicyclic) bond motifs is 2. The van der Waals surface area contributed by atoms with E-state index in [1.165, 1.54) is 19.3 Å². The maximum atomic E-state index is 10.0. The van der Waals surface area contributed by atoms with Gasteiger partial charge in [-0.05, 0) is 63.2 Å². The van der Waals surface area contributed by atoms with Gasteiger partial charge in [0.1, 0.15) is 0 Å². The lowest BCUT2D eigenvalue weighted by Gasteiger charge is -2.39. The van der Waals surface area contributed by atoms with Gasteiger partial charge in [-0.1, -0.05) is 20.8 Å². The van der Waals surface area contributed by atoms with Crippen molar-refractivity contribution in [2.75, 3.05) is 13.2 Å². The first kappa shape index (κ1) is 17.2. The van der Waals surface area contributed by atoms with Crippen molar-refractivity contribution in [3.05, 3.63) is 0 Å². The van der Waals surface area contributed by atoms with Crippen molar-refractivity contribution in [3.63, 3.8) is 0 Å². The molecular formula is C18H35NO2. The van der Waals surface area contributed by atoms with Crippen molar-refractivity contribution in [2.45, 2.75) is 85.0 Å². The van der Waals surface area contributed by atoms with Gasteiger partial charge in [0.05, 0.1) is 12.2 Å². The second kappa shape index (κ2) is 5.82. The summed E-state index contributed by atoms with van der Waals surface area (Å²) in [6.07, 6.45) is 4.66. The standard InChI is InChI=1S/C18H35NO2/c1-16(2,3)19-12-14(20)8-10-21-15-11-13-7-9-18(15,6)17(13,4)5/h13-15,19-20H,7-12H2,1-6H3/t13-,14+,15-,18+/m1/s1. The van der Waals surface area contributed by atoms with E-state index in [4.69, 9.17) is 4.74 Å². The van der Waals surface area contributed by atoms with Gasteiger partial charge >= 0.3 is 0 Å². The number of β-amino-alcohol motifs (C(OH)–C–C–N with tert-alkyl or cyclic N) is 1. The maximum Gasteiger partial charge on any atom is 0.0686 e. The number of ether oxygens (including phenoxy) is 1. The molecule has 0 unspecified atom stereocenters. The number of hydrogen-bond acceptors (Lipinski definition) is 3. The molecule has 0 spiro atoms. The van der Waals surface area contributed by atoms with Crippen LogP contribution in [-0.4, -0.2) is 36.0 Å². The first-order valence-corrected chi connectivity index (χ1v) is 8.61. The number of hydrogen-bond donors (Lipinski definition) is 2. The fraction of sp³-hybridized carbons (Fsp3) is 1.00. The molecule has 3 nitrogen and oxygen atoms in total. The molecule has 2 fully saturated rings. The molecule has 124 valence electrons. The lowest BCUT2D eigenvalue weighted by Crippen LogP contribution is -2.41. The van der Waals surface area contributed by atoms with E-state index in [0.29, 0.717) is 30.1 Å². The van der Waals surface area contributed by atoms with E-state index in [1.54, 1.807) is 0 Å². The molecule has 2 aliphatic carbocycles. The summed E-state index contributed by atoms with van der Waals surface area (Å²) in [4.78, 5) is 0. The third-order valence-electron chi connectivity index (χ3n) is 6.35. The third kappa shape index (κ3) is 3.46. The Morgan fingerprint density at radius 2 is 1.95 bits per heavy atom. The molecule has 0 saturated heterocycles. The van der Waals surface area contributed by atoms with Gasteiger partial charge in [0.15, 0.2) is 0 Å². The van der Waals surface area contributed by atoms with Crippen LogP contribution < -0.4 is 5.32 Å². The highest BCUT2D eigenvalue weighted by molar-refractivity contribution is 5.11. The van der Waals surface area contributed by atoms with Crippen LogP contribution in [0.2, 0.25) is 0 Å². The molecule has 2 saturated carbocycles. The Hall–Kier alpha value is -0.120. The summed E-state index contributed by atoms with van der Waals surface area (Å²) in [7, 11) is 0. The molecular weight excluding hydrogens is 262 g/mol. The van der Waals surface area contributed by atoms with Gasteiger partial charge in [-0.25, -0.2) is 0 Å². The molecule has 0 heterocycles. The highest BCUT2D eigenvalue weighted by atomic mass is 16.5. The van der Waals surface area contributed by atoms with E-state index in [-0.39, 0.29) is 11.6 Å². The van der Waals surface area contributed by atoms with Gasteiger partial charge < -0.3 is 15.2 Å². The van der Waals surface area contributed by atoms with Crippen molar-refractivity contribution in [3.8, 4) is 0 Å². The van der Waals surface area contributed by atoms with Crippen LogP contribution in [0.1, 0.15) is 67.2 Å². The second-order valence-corrected chi connectivity index (χ2v) is 9.04. The van der Waals surface area contributed by atoms with E-state index in [9.17, 15) is 5.11 Å². The molecule has 3 heteroatoms. The van der Waals surface area contributed by atoms with Crippen molar-refractivity contribution < 1.29 is 9.84 Å². The van der Waals surface area contributed by atoms with E-state index in [1.807, 2.05) is 0 Å². The highest BCUT2D eigenvalue weighted by Gasteiger charge is 2.61. The molecule has 0 amide bonds. The zero-order valence-corrected chi connectivity index (χ0v) is 14.8. The van der Waals surface area contributed by atoms with E-state index < -0.39 is 0 Å². The van der Waals surface area contributed by atoms with Crippen molar-refractivity contribution in [1.82, 2.24) is 5.32 Å². The molecule has 21 heavy (non-hydrogen) atoms. The van der Waals surface area contributed by atoms with Gasteiger partial charge in [0.2, 0.25) is 0 Å². The summed E-state index contributed by atoms with van der Waals surface area (Å²) in [6.45, 7) is 14.9. The largest absolute Gasteiger partial charge is 0.392 e. The minimum atomic E-state index is -0.316. The molecule has 0 radical (unpaired) electrons. The predicted molar refractivity (Wildman–Crippen MR) is 87.3 cm³/mol. The van der Waals surface area contributed by atoms with Crippen LogP contribution >= 0.6 is 0 Å². The molecule has 2 bridgehead atoms. The maximum absolute atomic E-state index is 10.0. The fourth-order valence-electron chi connectivity index (χ4n) is 4.25. The smallest absolute Gasteiger partial charge is 0.0686 e. The Bertz CT molecular complexity index is 361. The SMILES string of the molecule is CC(C)(C)NC[C@@H](O)CCO[C@@H]1C[C@H]2CC[C@]1(C)C2(C)C. The number of rotatable bonds is 6. The molecule has 4 atom stereocenters. The normalized spacial score (nSPS) is 36.1. The Morgan fingerprint density at radius 3 is 2.43 bits per heavy atom. The lowest BCUT2D eigenvalue weighted by atomic mass is 9.70. The molecule has 0 aromatic carbocycles. The van der Waals surface area contributed by atoms with Crippen molar-refractivity contribution in [1.29, 1.82) is 0 Å². The zero-order valence-electron chi connectivity index (χ0n) is 14.8. The van der Waals surface area contributed by atoms with E-state index >= 15 is 0 Å². The van der Waals surface area contributed by atoms with E-state index in [2.05, 4.69) is 46.9 Å². The number of nitrogens with one attached hydrogen (secondary N) is 1. The van der Waals surface area contributed by atoms with Crippen LogP contribution in [0.15, 0.2) is 0 Å². The Morgan fingerprint density at radius 1 is 1.29 bits per heavy atom. The molecule has 0 aromatic rings. The predicted octanol–water partition coefficient (Wildman–Crippen LogP) is 3.36. The molecule has 0 aromatic heterocycles. The highest BCUT2D eigenvalue weighted by Crippen LogP contribution is 2.66. The summed E-state index contributed by atoms with van der Waals surface area (Å²) in [5.74, 6) is 0.819. The average Bonchev–Trinajstić information content (AvgIpc) is 2.68. The van der Waals surface area contributed by atoms with Crippen LogP contribution in [0.3, 0.4) is 0 Å². The summed E-state index contributed by atoms with van der Waals surface area (Å²) in [5.41, 5.74) is 0.792. The monoisotopic (exact) mass is 297 g/mol. The Kier molecular flexibility index (Phi) is 4.78. The lowest BCUT2D eigenvalue weighted by molar-refractivity contribution is -0.0548. The number of aliphatic hydroxyl groups is 1. The van der Waals surface area contributed by atoms with Crippen molar-refractivity contribution in [2.24, 2.45) is 16.7 Å². The van der Waals surface area contributed by atoms with Crippen LogP contribution in [0.4, 0.5) is 0 Å². The van der Waals surface area contributed by atoms with Gasteiger partial charge in [-0.2, -0.15) is 0 Å². The van der Waals surface area contributed by atoms with Crippen LogP contribution in [0, 0.1) is 16.7 Å². The van der Waals surface area contributed by atoms with Gasteiger partial charge in [-0.15, -0.1) is 0 Å². The van der Waals surface area contributed by atoms with Gasteiger partial charge in [0.25, 0.3) is 0 Å². The topological polar surface area (TPSA) is 41.5 Å². The molecule has 0 aliphatic heterocycles. The second-order valence-electron chi connectivity index (χ2n) is 9.04. The number of aliphatic hydroxyl groups excluding tert-OH is 1. The Balaban J connectivity index is 1.73.